The third kappa shape index (κ3) is 1.61. The highest BCUT2D eigenvalue weighted by Gasteiger charge is 2.30. The van der Waals surface area contributed by atoms with Crippen LogP contribution in [0.2, 0.25) is 0 Å². The SMILES string of the molecule is Cc1ccc2c(c1)C(=O)c1cc3[nH]c4ccccc4c3cc1C2=O. The van der Waals surface area contributed by atoms with E-state index >= 15 is 0 Å². The Bertz CT molecular complexity index is 1200. The van der Waals surface area contributed by atoms with Crippen molar-refractivity contribution in [3.8, 4) is 0 Å². The van der Waals surface area contributed by atoms with Crippen LogP contribution >= 0.6 is 0 Å². The van der Waals surface area contributed by atoms with Crippen molar-refractivity contribution in [1.82, 2.24) is 4.98 Å². The van der Waals surface area contributed by atoms with E-state index in [1.165, 1.54) is 0 Å². The van der Waals surface area contributed by atoms with Crippen LogP contribution in [0.5, 0.6) is 0 Å². The molecule has 0 saturated heterocycles. The van der Waals surface area contributed by atoms with Gasteiger partial charge in [-0.1, -0.05) is 35.9 Å². The Labute approximate surface area is 137 Å². The molecule has 3 nitrogen and oxygen atoms in total. The predicted octanol–water partition coefficient (Wildman–Crippen LogP) is 4.40. The van der Waals surface area contributed by atoms with E-state index in [1.54, 1.807) is 12.1 Å². The summed E-state index contributed by atoms with van der Waals surface area (Å²) in [5.74, 6) is -0.157. The summed E-state index contributed by atoms with van der Waals surface area (Å²) in [5.41, 5.74) is 4.84. The van der Waals surface area contributed by atoms with E-state index in [0.717, 1.165) is 27.4 Å². The predicted molar refractivity (Wildman–Crippen MR) is 93.8 cm³/mol. The van der Waals surface area contributed by atoms with Crippen LogP contribution in [0.4, 0.5) is 0 Å². The number of hydrogen-bond acceptors (Lipinski definition) is 2. The molecule has 0 spiro atoms. The van der Waals surface area contributed by atoms with Gasteiger partial charge in [0.2, 0.25) is 0 Å². The summed E-state index contributed by atoms with van der Waals surface area (Å²) in [7, 11) is 0. The molecule has 1 N–H and O–H groups in total. The minimum atomic E-state index is -0.0798. The van der Waals surface area contributed by atoms with Gasteiger partial charge in [-0.25, -0.2) is 0 Å². The van der Waals surface area contributed by atoms with Crippen molar-refractivity contribution < 1.29 is 9.59 Å². The Morgan fingerprint density at radius 3 is 2.25 bits per heavy atom. The zero-order chi connectivity index (χ0) is 16.4. The Balaban J connectivity index is 1.87. The van der Waals surface area contributed by atoms with Crippen molar-refractivity contribution in [3.05, 3.63) is 82.4 Å². The number of benzene rings is 3. The molecule has 0 fully saturated rings. The monoisotopic (exact) mass is 311 g/mol. The number of aromatic nitrogens is 1. The minimum absolute atomic E-state index is 0.0771. The van der Waals surface area contributed by atoms with Crippen LogP contribution in [0.15, 0.2) is 54.6 Å². The number of nitrogens with one attached hydrogen (secondary N) is 1. The van der Waals surface area contributed by atoms with E-state index in [1.807, 2.05) is 49.4 Å². The van der Waals surface area contributed by atoms with Gasteiger partial charge < -0.3 is 4.98 Å². The molecule has 0 atom stereocenters. The normalized spacial score (nSPS) is 13.4. The first-order chi connectivity index (χ1) is 11.6. The van der Waals surface area contributed by atoms with E-state index in [4.69, 9.17) is 0 Å². The lowest BCUT2D eigenvalue weighted by Crippen LogP contribution is -2.20. The van der Waals surface area contributed by atoms with E-state index in [2.05, 4.69) is 4.98 Å². The van der Waals surface area contributed by atoms with E-state index in [9.17, 15) is 9.59 Å². The van der Waals surface area contributed by atoms with Crippen molar-refractivity contribution in [2.24, 2.45) is 0 Å². The van der Waals surface area contributed by atoms with Crippen LogP contribution in [0.3, 0.4) is 0 Å². The maximum Gasteiger partial charge on any atom is 0.194 e. The van der Waals surface area contributed by atoms with Gasteiger partial charge in [-0.15, -0.1) is 0 Å². The number of para-hydroxylation sites is 1. The number of ketones is 2. The van der Waals surface area contributed by atoms with Crippen LogP contribution < -0.4 is 0 Å². The molecule has 1 aromatic heterocycles. The largest absolute Gasteiger partial charge is 0.354 e. The molecule has 3 heteroatoms. The molecule has 4 aromatic rings. The topological polar surface area (TPSA) is 49.9 Å². The summed E-state index contributed by atoms with van der Waals surface area (Å²) in [5, 5.41) is 2.03. The quantitative estimate of drug-likeness (QED) is 0.460. The highest BCUT2D eigenvalue weighted by Crippen LogP contribution is 2.33. The molecule has 24 heavy (non-hydrogen) atoms. The fourth-order valence-electron chi connectivity index (χ4n) is 3.61. The number of fused-ring (bicyclic) bond motifs is 5. The van der Waals surface area contributed by atoms with Crippen LogP contribution in [0.25, 0.3) is 21.8 Å². The Kier molecular flexibility index (Phi) is 2.44. The molecule has 1 aliphatic carbocycles. The number of aryl methyl sites for hydroxylation is 1. The van der Waals surface area contributed by atoms with Crippen LogP contribution in [-0.2, 0) is 0 Å². The number of carbonyl (C=O) groups is 2. The molecule has 0 unspecified atom stereocenters. The maximum atomic E-state index is 12.9. The summed E-state index contributed by atoms with van der Waals surface area (Å²) in [6.45, 7) is 1.93. The van der Waals surface area contributed by atoms with Gasteiger partial charge in [-0.2, -0.15) is 0 Å². The summed E-state index contributed by atoms with van der Waals surface area (Å²) in [4.78, 5) is 29.1. The van der Waals surface area contributed by atoms with Gasteiger partial charge >= 0.3 is 0 Å². The average Bonchev–Trinajstić information content (AvgIpc) is 2.96. The molecule has 0 amide bonds. The number of aromatic amines is 1. The molecule has 0 bridgehead atoms. The van der Waals surface area contributed by atoms with Crippen LogP contribution in [0.1, 0.15) is 37.4 Å². The smallest absolute Gasteiger partial charge is 0.194 e. The standard InChI is InChI=1S/C21H13NO2/c1-11-6-7-13-15(8-11)21(24)17-10-19-14(9-16(17)20(13)23)12-4-2-3-5-18(12)22-19/h2-10,22H,1H3. The van der Waals surface area contributed by atoms with Gasteiger partial charge in [-0.3, -0.25) is 9.59 Å². The second-order valence-corrected chi connectivity index (χ2v) is 6.32. The zero-order valence-corrected chi connectivity index (χ0v) is 13.0. The zero-order valence-electron chi connectivity index (χ0n) is 13.0. The maximum absolute atomic E-state index is 12.9. The van der Waals surface area contributed by atoms with Gasteiger partial charge in [0.25, 0.3) is 0 Å². The molecule has 114 valence electrons. The summed E-state index contributed by atoms with van der Waals surface area (Å²) in [6.07, 6.45) is 0. The first kappa shape index (κ1) is 13.3. The van der Waals surface area contributed by atoms with E-state index in [0.29, 0.717) is 22.3 Å². The van der Waals surface area contributed by atoms with Crippen molar-refractivity contribution in [3.63, 3.8) is 0 Å². The Hall–Kier alpha value is -3.20. The molecular weight excluding hydrogens is 298 g/mol. The Morgan fingerprint density at radius 2 is 1.38 bits per heavy atom. The summed E-state index contributed by atoms with van der Waals surface area (Å²) < 4.78 is 0. The summed E-state index contributed by atoms with van der Waals surface area (Å²) in [6, 6.07) is 17.1. The Morgan fingerprint density at radius 1 is 0.667 bits per heavy atom. The lowest BCUT2D eigenvalue weighted by atomic mass is 9.82. The lowest BCUT2D eigenvalue weighted by molar-refractivity contribution is 0.0979. The fourth-order valence-corrected chi connectivity index (χ4v) is 3.61. The first-order valence-corrected chi connectivity index (χ1v) is 7.88. The van der Waals surface area contributed by atoms with Crippen molar-refractivity contribution in [1.29, 1.82) is 0 Å². The van der Waals surface area contributed by atoms with Gasteiger partial charge in [0.1, 0.15) is 0 Å². The molecular formula is C21H13NO2. The molecule has 1 aliphatic rings. The first-order valence-electron chi connectivity index (χ1n) is 7.88. The second-order valence-electron chi connectivity index (χ2n) is 6.32. The van der Waals surface area contributed by atoms with Crippen LogP contribution in [-0.4, -0.2) is 16.6 Å². The van der Waals surface area contributed by atoms with Gasteiger partial charge in [0.15, 0.2) is 11.6 Å². The molecule has 0 saturated carbocycles. The number of rotatable bonds is 0. The van der Waals surface area contributed by atoms with Crippen molar-refractivity contribution in [2.75, 3.05) is 0 Å². The fraction of sp³-hybridized carbons (Fsp3) is 0.0476. The summed E-state index contributed by atoms with van der Waals surface area (Å²) >= 11 is 0. The third-order valence-electron chi connectivity index (χ3n) is 4.80. The molecule has 0 aliphatic heterocycles. The van der Waals surface area contributed by atoms with Gasteiger partial charge in [-0.05, 0) is 31.2 Å². The molecule has 3 aromatic carbocycles. The van der Waals surface area contributed by atoms with Crippen molar-refractivity contribution >= 4 is 33.4 Å². The van der Waals surface area contributed by atoms with E-state index < -0.39 is 0 Å². The van der Waals surface area contributed by atoms with Gasteiger partial charge in [0.05, 0.1) is 0 Å². The number of carbonyl (C=O) groups excluding carboxylic acids is 2. The van der Waals surface area contributed by atoms with Crippen molar-refractivity contribution in [2.45, 2.75) is 6.92 Å². The highest BCUT2D eigenvalue weighted by atomic mass is 16.1. The average molecular weight is 311 g/mol. The number of H-pyrrole nitrogens is 1. The molecule has 0 radical (unpaired) electrons. The van der Waals surface area contributed by atoms with E-state index in [-0.39, 0.29) is 11.6 Å². The molecule has 1 heterocycles. The third-order valence-corrected chi connectivity index (χ3v) is 4.80. The number of hydrogen-bond donors (Lipinski definition) is 1. The molecule has 5 rings (SSSR count). The van der Waals surface area contributed by atoms with Gasteiger partial charge in [0, 0.05) is 44.1 Å². The van der Waals surface area contributed by atoms with Crippen LogP contribution in [0, 0.1) is 6.92 Å². The second kappa shape index (κ2) is 4.42. The minimum Gasteiger partial charge on any atom is -0.354 e. The highest BCUT2D eigenvalue weighted by molar-refractivity contribution is 6.30. The lowest BCUT2D eigenvalue weighted by Gasteiger charge is -2.18.